The van der Waals surface area contributed by atoms with E-state index in [1.807, 2.05) is 18.3 Å². The predicted molar refractivity (Wildman–Crippen MR) is 64.2 cm³/mol. The molecule has 98 valence electrons. The third kappa shape index (κ3) is 6.41. The first-order chi connectivity index (χ1) is 6.95. The number of halogens is 2. The molecule has 0 bridgehead atoms. The Labute approximate surface area is 142 Å². The second kappa shape index (κ2) is 10.1. The molecule has 0 amide bonds. The molecule has 1 aliphatic rings. The maximum absolute atomic E-state index is 3.44. The van der Waals surface area contributed by atoms with Gasteiger partial charge in [-0.1, -0.05) is 33.1 Å². The van der Waals surface area contributed by atoms with Crippen LogP contribution in [0.2, 0.25) is 0 Å². The molecule has 1 heterocycles. The average Bonchev–Trinajstić information content (AvgIpc) is 2.76. The van der Waals surface area contributed by atoms with Gasteiger partial charge < -0.3 is 29.8 Å². The fourth-order valence-electron chi connectivity index (χ4n) is 1.65. The molecule has 18 heavy (non-hydrogen) atoms. The van der Waals surface area contributed by atoms with Crippen LogP contribution < -0.4 is 24.8 Å². The third-order valence-corrected chi connectivity index (χ3v) is 3.00. The van der Waals surface area contributed by atoms with Crippen LogP contribution in [0.1, 0.15) is 34.6 Å². The van der Waals surface area contributed by atoms with Crippen LogP contribution in [0.4, 0.5) is 0 Å². The Morgan fingerprint density at radius 2 is 1.67 bits per heavy atom. The first kappa shape index (κ1) is 23.3. The van der Waals surface area contributed by atoms with Crippen molar-refractivity contribution < 1.29 is 51.0 Å². The van der Waals surface area contributed by atoms with Crippen LogP contribution in [-0.2, 0) is 26.2 Å². The van der Waals surface area contributed by atoms with Crippen LogP contribution in [0.3, 0.4) is 0 Å². The van der Waals surface area contributed by atoms with Gasteiger partial charge in [0.1, 0.15) is 0 Å². The van der Waals surface area contributed by atoms with E-state index in [0.29, 0.717) is 0 Å². The summed E-state index contributed by atoms with van der Waals surface area (Å²) < 4.78 is 0. The Morgan fingerprint density at radius 1 is 1.11 bits per heavy atom. The van der Waals surface area contributed by atoms with E-state index in [0.717, 1.165) is 0 Å². The van der Waals surface area contributed by atoms with Gasteiger partial charge in [0.25, 0.3) is 0 Å². The molecule has 1 N–H and O–H groups in total. The number of aromatic nitrogens is 1. The van der Waals surface area contributed by atoms with Crippen molar-refractivity contribution in [3.05, 3.63) is 47.3 Å². The summed E-state index contributed by atoms with van der Waals surface area (Å²) in [5.41, 5.74) is 4.39. The van der Waals surface area contributed by atoms with E-state index in [4.69, 9.17) is 0 Å². The van der Waals surface area contributed by atoms with Gasteiger partial charge in [0.05, 0.1) is 0 Å². The molecule has 1 aliphatic carbocycles. The molecular weight excluding hydrogens is 344 g/mol. The molecule has 0 unspecified atom stereocenters. The molecule has 0 aliphatic heterocycles. The van der Waals surface area contributed by atoms with Crippen molar-refractivity contribution >= 4 is 0 Å². The van der Waals surface area contributed by atoms with Crippen LogP contribution in [0.15, 0.2) is 35.0 Å². The van der Waals surface area contributed by atoms with E-state index >= 15 is 0 Å². The smallest absolute Gasteiger partial charge is 1.00 e. The monoisotopic (exact) mass is 361 g/mol. The standard InChI is InChI=1S/C10H15.C4H4N.2ClH.Zr/c1-7-6-10(4,5)9(3)8(7)2;1-2-4-5-3-1;;;/h1-5H3;1-3,5H;2*1H;/q2*-1;;;+4/p-2. The van der Waals surface area contributed by atoms with Gasteiger partial charge in [0.15, 0.2) is 0 Å². The normalized spacial score (nSPS) is 15.3. The molecule has 1 nitrogen and oxygen atoms in total. The molecule has 0 saturated carbocycles. The molecule has 0 aromatic carbocycles. The van der Waals surface area contributed by atoms with Gasteiger partial charge in [0.2, 0.25) is 0 Å². The quantitative estimate of drug-likeness (QED) is 0.510. The van der Waals surface area contributed by atoms with Gasteiger partial charge in [-0.3, -0.25) is 6.08 Å². The van der Waals surface area contributed by atoms with Gasteiger partial charge in [-0.2, -0.15) is 29.5 Å². The Kier molecular flexibility index (Phi) is 13.0. The molecule has 1 aromatic rings. The molecule has 0 atom stereocenters. The minimum absolute atomic E-state index is 0. The summed E-state index contributed by atoms with van der Waals surface area (Å²) in [4.78, 5) is 2.74. The molecule has 0 fully saturated rings. The Balaban J connectivity index is -0.000000245. The largest absolute Gasteiger partial charge is 4.00 e. The number of rotatable bonds is 0. The van der Waals surface area contributed by atoms with Gasteiger partial charge in [-0.05, 0) is 0 Å². The minimum atomic E-state index is 0. The van der Waals surface area contributed by atoms with Crippen molar-refractivity contribution in [2.45, 2.75) is 34.6 Å². The molecule has 4 heteroatoms. The zero-order valence-electron chi connectivity index (χ0n) is 11.5. The summed E-state index contributed by atoms with van der Waals surface area (Å²) in [6.07, 6.45) is 7.99. The zero-order chi connectivity index (χ0) is 11.5. The average molecular weight is 363 g/mol. The number of hydrogen-bond acceptors (Lipinski definition) is 0. The first-order valence-corrected chi connectivity index (χ1v) is 5.24. The van der Waals surface area contributed by atoms with Gasteiger partial charge in [-0.25, -0.2) is 5.57 Å². The second-order valence-corrected chi connectivity index (χ2v) is 4.44. The maximum atomic E-state index is 3.44. The van der Waals surface area contributed by atoms with Crippen LogP contribution in [0.25, 0.3) is 0 Å². The molecule has 0 radical (unpaired) electrons. The molecule has 0 saturated heterocycles. The maximum Gasteiger partial charge on any atom is 4.00 e. The second-order valence-electron chi connectivity index (χ2n) is 4.44. The fourth-order valence-corrected chi connectivity index (χ4v) is 1.65. The van der Waals surface area contributed by atoms with E-state index in [2.05, 4.69) is 51.9 Å². The summed E-state index contributed by atoms with van der Waals surface area (Å²) in [6.45, 7) is 10.9. The molecule has 2 rings (SSSR count). The van der Waals surface area contributed by atoms with Crippen LogP contribution in [-0.4, -0.2) is 4.98 Å². The van der Waals surface area contributed by atoms with Crippen LogP contribution in [0, 0.1) is 17.7 Å². The molecular formula is C14H19Cl2NZr. The summed E-state index contributed by atoms with van der Waals surface area (Å²) >= 11 is 0. The SMILES string of the molecule is CC1=[C-]C(C)(C)C(C)=C1C.[Cl-].[Cl-].[Zr+4].[c-]1ccc[nH]1. The van der Waals surface area contributed by atoms with Crippen molar-refractivity contribution in [3.8, 4) is 0 Å². The Morgan fingerprint density at radius 3 is 1.78 bits per heavy atom. The zero-order valence-corrected chi connectivity index (χ0v) is 15.5. The van der Waals surface area contributed by atoms with E-state index in [1.165, 1.54) is 16.7 Å². The minimum Gasteiger partial charge on any atom is -1.00 e. The van der Waals surface area contributed by atoms with E-state index in [1.54, 1.807) is 0 Å². The summed E-state index contributed by atoms with van der Waals surface area (Å²) in [7, 11) is 0. The Bertz CT molecular complexity index is 361. The third-order valence-electron chi connectivity index (χ3n) is 3.00. The summed E-state index contributed by atoms with van der Waals surface area (Å²) in [5.74, 6) is 0. The Hall–Kier alpha value is 0.223. The van der Waals surface area contributed by atoms with E-state index in [9.17, 15) is 0 Å². The molecule has 1 aromatic heterocycles. The number of H-pyrrole nitrogens is 1. The van der Waals surface area contributed by atoms with Crippen molar-refractivity contribution in [3.63, 3.8) is 0 Å². The van der Waals surface area contributed by atoms with Gasteiger partial charge in [0, 0.05) is 0 Å². The van der Waals surface area contributed by atoms with Crippen molar-refractivity contribution in [1.29, 1.82) is 0 Å². The van der Waals surface area contributed by atoms with Crippen molar-refractivity contribution in [1.82, 2.24) is 4.98 Å². The van der Waals surface area contributed by atoms with Crippen LogP contribution in [0.5, 0.6) is 0 Å². The van der Waals surface area contributed by atoms with Gasteiger partial charge >= 0.3 is 26.2 Å². The van der Waals surface area contributed by atoms with E-state index in [-0.39, 0.29) is 56.4 Å². The summed E-state index contributed by atoms with van der Waals surface area (Å²) in [5, 5.41) is 0. The van der Waals surface area contributed by atoms with Crippen molar-refractivity contribution in [2.24, 2.45) is 5.41 Å². The van der Waals surface area contributed by atoms with Crippen LogP contribution >= 0.6 is 0 Å². The number of hydrogen-bond donors (Lipinski definition) is 1. The number of aromatic amines is 1. The topological polar surface area (TPSA) is 15.8 Å². The van der Waals surface area contributed by atoms with Crippen molar-refractivity contribution in [2.75, 3.05) is 0 Å². The van der Waals surface area contributed by atoms with Gasteiger partial charge in [-0.15, -0.1) is 13.1 Å². The fraction of sp³-hybridized carbons (Fsp3) is 0.429. The number of allylic oxidation sites excluding steroid dienone is 4. The summed E-state index contributed by atoms with van der Waals surface area (Å²) in [6, 6.07) is 3.71. The van der Waals surface area contributed by atoms with E-state index < -0.39 is 0 Å². The number of nitrogens with one attached hydrogen (secondary N) is 1. The predicted octanol–water partition coefficient (Wildman–Crippen LogP) is -2.07. The molecule has 0 spiro atoms. The first-order valence-electron chi connectivity index (χ1n) is 5.24.